The molecule has 7 heteroatoms. The van der Waals surface area contributed by atoms with Crippen LogP contribution < -0.4 is 5.32 Å². The average Bonchev–Trinajstić information content (AvgIpc) is 2.94. The molecule has 2 rings (SSSR count). The van der Waals surface area contributed by atoms with Gasteiger partial charge in [0.25, 0.3) is 0 Å². The lowest BCUT2D eigenvalue weighted by Gasteiger charge is -2.02. The Kier molecular flexibility index (Phi) is 5.60. The third-order valence-electron chi connectivity index (χ3n) is 2.97. The van der Waals surface area contributed by atoms with Crippen LogP contribution in [-0.2, 0) is 11.2 Å². The van der Waals surface area contributed by atoms with Gasteiger partial charge in [0.15, 0.2) is 11.7 Å². The Morgan fingerprint density at radius 1 is 1.36 bits per heavy atom. The van der Waals surface area contributed by atoms with Gasteiger partial charge < -0.3 is 14.8 Å². The first kappa shape index (κ1) is 16.1. The number of benzene rings is 1. The lowest BCUT2D eigenvalue weighted by atomic mass is 10.2. The van der Waals surface area contributed by atoms with Crippen LogP contribution in [0.1, 0.15) is 18.7 Å². The molecule has 1 aromatic heterocycles. The van der Waals surface area contributed by atoms with Gasteiger partial charge in [-0.25, -0.2) is 13.8 Å². The fourth-order valence-corrected chi connectivity index (χ4v) is 1.86. The van der Waals surface area contributed by atoms with Crippen LogP contribution in [0.4, 0.5) is 8.78 Å². The molecule has 0 atom stereocenters. The number of oxazole rings is 1. The molecule has 0 bridgehead atoms. The first-order valence-corrected chi connectivity index (χ1v) is 6.88. The van der Waals surface area contributed by atoms with Crippen LogP contribution in [0.15, 0.2) is 28.8 Å². The summed E-state index contributed by atoms with van der Waals surface area (Å²) in [7, 11) is 0. The third-order valence-corrected chi connectivity index (χ3v) is 2.97. The number of halogens is 2. The second-order valence-corrected chi connectivity index (χ2v) is 4.67. The maximum atomic E-state index is 13.6. The number of rotatable bonds is 7. The van der Waals surface area contributed by atoms with E-state index in [4.69, 9.17) is 9.52 Å². The molecular formula is C15H16F2N2O3. The number of hydrogen-bond acceptors (Lipinski definition) is 4. The van der Waals surface area contributed by atoms with Crippen molar-refractivity contribution < 1.29 is 23.1 Å². The van der Waals surface area contributed by atoms with Crippen molar-refractivity contribution in [3.63, 3.8) is 0 Å². The van der Waals surface area contributed by atoms with Crippen molar-refractivity contribution in [2.45, 2.75) is 19.3 Å². The quantitative estimate of drug-likeness (QED) is 0.768. The highest BCUT2D eigenvalue weighted by atomic mass is 19.1. The normalized spacial score (nSPS) is 10.7. The topological polar surface area (TPSA) is 75.4 Å². The molecule has 0 aliphatic carbocycles. The summed E-state index contributed by atoms with van der Waals surface area (Å²) >= 11 is 0. The molecule has 118 valence electrons. The second kappa shape index (κ2) is 7.65. The Morgan fingerprint density at radius 2 is 2.18 bits per heavy atom. The molecule has 0 saturated heterocycles. The molecule has 2 N–H and O–H groups in total. The number of aryl methyl sites for hydroxylation is 1. The Morgan fingerprint density at radius 3 is 2.91 bits per heavy atom. The highest BCUT2D eigenvalue weighted by molar-refractivity contribution is 5.76. The minimum atomic E-state index is -0.732. The maximum Gasteiger partial charge on any atom is 0.220 e. The fraction of sp³-hybridized carbons (Fsp3) is 0.333. The van der Waals surface area contributed by atoms with Gasteiger partial charge in [-0.2, -0.15) is 0 Å². The van der Waals surface area contributed by atoms with E-state index in [1.54, 1.807) is 0 Å². The standard InChI is InChI=1S/C15H16F2N2O3/c16-10-2-3-11(12(17)8-10)13-9-19-15(22-13)5-4-14(21)18-6-1-7-20/h2-3,8-9,20H,1,4-7H2,(H,18,21). The molecule has 1 amide bonds. The SMILES string of the molecule is O=C(CCc1ncc(-c2ccc(F)cc2F)o1)NCCCO. The summed E-state index contributed by atoms with van der Waals surface area (Å²) in [6, 6.07) is 3.18. The molecular weight excluding hydrogens is 294 g/mol. The maximum absolute atomic E-state index is 13.6. The van der Waals surface area contributed by atoms with Gasteiger partial charge in [-0.3, -0.25) is 4.79 Å². The van der Waals surface area contributed by atoms with E-state index in [1.807, 2.05) is 0 Å². The van der Waals surface area contributed by atoms with Crippen molar-refractivity contribution in [3.8, 4) is 11.3 Å². The van der Waals surface area contributed by atoms with Gasteiger partial charge in [0.2, 0.25) is 5.91 Å². The molecule has 0 aliphatic rings. The van der Waals surface area contributed by atoms with Crippen LogP contribution in [0.25, 0.3) is 11.3 Å². The van der Waals surface area contributed by atoms with Gasteiger partial charge in [-0.1, -0.05) is 0 Å². The minimum absolute atomic E-state index is 0.0204. The molecule has 0 unspecified atom stereocenters. The number of amides is 1. The van der Waals surface area contributed by atoms with Crippen molar-refractivity contribution in [1.82, 2.24) is 10.3 Å². The van der Waals surface area contributed by atoms with Crippen molar-refractivity contribution in [1.29, 1.82) is 0 Å². The van der Waals surface area contributed by atoms with E-state index in [1.165, 1.54) is 12.3 Å². The van der Waals surface area contributed by atoms with Gasteiger partial charge in [-0.05, 0) is 18.6 Å². The van der Waals surface area contributed by atoms with Crippen LogP contribution >= 0.6 is 0 Å². The Balaban J connectivity index is 1.93. The van der Waals surface area contributed by atoms with E-state index in [0.29, 0.717) is 18.9 Å². The summed E-state index contributed by atoms with van der Waals surface area (Å²) in [5, 5.41) is 11.2. The largest absolute Gasteiger partial charge is 0.441 e. The first-order chi connectivity index (χ1) is 10.6. The van der Waals surface area contributed by atoms with Crippen LogP contribution in [-0.4, -0.2) is 29.1 Å². The van der Waals surface area contributed by atoms with Gasteiger partial charge in [-0.15, -0.1) is 0 Å². The van der Waals surface area contributed by atoms with E-state index in [9.17, 15) is 13.6 Å². The summed E-state index contributed by atoms with van der Waals surface area (Å²) in [5.41, 5.74) is 0.118. The number of nitrogens with zero attached hydrogens (tertiary/aromatic N) is 1. The molecule has 0 fully saturated rings. The lowest BCUT2D eigenvalue weighted by Crippen LogP contribution is -2.25. The number of aliphatic hydroxyl groups is 1. The van der Waals surface area contributed by atoms with Crippen LogP contribution in [0.5, 0.6) is 0 Å². The first-order valence-electron chi connectivity index (χ1n) is 6.88. The minimum Gasteiger partial charge on any atom is -0.441 e. The predicted molar refractivity (Wildman–Crippen MR) is 74.9 cm³/mol. The molecule has 2 aromatic rings. The number of aromatic nitrogens is 1. The van der Waals surface area contributed by atoms with E-state index < -0.39 is 11.6 Å². The highest BCUT2D eigenvalue weighted by Crippen LogP contribution is 2.24. The monoisotopic (exact) mass is 310 g/mol. The van der Waals surface area contributed by atoms with Crippen molar-refractivity contribution in [2.75, 3.05) is 13.2 Å². The summed E-state index contributed by atoms with van der Waals surface area (Å²) < 4.78 is 31.9. The molecule has 0 radical (unpaired) electrons. The number of nitrogens with one attached hydrogen (secondary N) is 1. The molecule has 0 spiro atoms. The molecule has 5 nitrogen and oxygen atoms in total. The number of carbonyl (C=O) groups is 1. The van der Waals surface area contributed by atoms with E-state index >= 15 is 0 Å². The molecule has 22 heavy (non-hydrogen) atoms. The third kappa shape index (κ3) is 4.36. The molecule has 0 saturated carbocycles. The fourth-order valence-electron chi connectivity index (χ4n) is 1.86. The van der Waals surface area contributed by atoms with Gasteiger partial charge in [0, 0.05) is 32.1 Å². The van der Waals surface area contributed by atoms with Gasteiger partial charge in [0.1, 0.15) is 11.6 Å². The zero-order chi connectivity index (χ0) is 15.9. The average molecular weight is 310 g/mol. The second-order valence-electron chi connectivity index (χ2n) is 4.67. The Hall–Kier alpha value is -2.28. The van der Waals surface area contributed by atoms with Crippen LogP contribution in [0.3, 0.4) is 0 Å². The van der Waals surface area contributed by atoms with Crippen molar-refractivity contribution >= 4 is 5.91 Å². The highest BCUT2D eigenvalue weighted by Gasteiger charge is 2.12. The van der Waals surface area contributed by atoms with Gasteiger partial charge in [0.05, 0.1) is 11.8 Å². The predicted octanol–water partition coefficient (Wildman–Crippen LogP) is 2.05. The van der Waals surface area contributed by atoms with Gasteiger partial charge >= 0.3 is 0 Å². The van der Waals surface area contributed by atoms with Crippen LogP contribution in [0, 0.1) is 11.6 Å². The summed E-state index contributed by atoms with van der Waals surface area (Å²) in [6.45, 7) is 0.430. The summed E-state index contributed by atoms with van der Waals surface area (Å²) in [4.78, 5) is 15.5. The Labute approximate surface area is 126 Å². The zero-order valence-electron chi connectivity index (χ0n) is 11.8. The molecule has 0 aliphatic heterocycles. The van der Waals surface area contributed by atoms with Crippen molar-refractivity contribution in [2.24, 2.45) is 0 Å². The molecule has 1 heterocycles. The number of hydrogen-bond donors (Lipinski definition) is 2. The lowest BCUT2D eigenvalue weighted by molar-refractivity contribution is -0.121. The Bertz CT molecular complexity index is 643. The van der Waals surface area contributed by atoms with E-state index in [0.717, 1.165) is 12.1 Å². The van der Waals surface area contributed by atoms with E-state index in [-0.39, 0.29) is 36.7 Å². The summed E-state index contributed by atoms with van der Waals surface area (Å²) in [5.74, 6) is -1.09. The van der Waals surface area contributed by atoms with E-state index in [2.05, 4.69) is 10.3 Å². The van der Waals surface area contributed by atoms with Crippen molar-refractivity contribution in [3.05, 3.63) is 41.9 Å². The zero-order valence-corrected chi connectivity index (χ0v) is 11.8. The van der Waals surface area contributed by atoms with Crippen LogP contribution in [0.2, 0.25) is 0 Å². The summed E-state index contributed by atoms with van der Waals surface area (Å²) in [6.07, 6.45) is 2.29. The number of aliphatic hydroxyl groups excluding tert-OH is 1. The smallest absolute Gasteiger partial charge is 0.220 e. The molecule has 1 aromatic carbocycles. The number of carbonyl (C=O) groups excluding carboxylic acids is 1.